The summed E-state index contributed by atoms with van der Waals surface area (Å²) in [5, 5.41) is 5.22. The summed E-state index contributed by atoms with van der Waals surface area (Å²) in [6, 6.07) is 12.2. The van der Waals surface area contributed by atoms with Crippen molar-refractivity contribution in [1.82, 2.24) is 5.32 Å². The maximum atomic E-state index is 13.5. The van der Waals surface area contributed by atoms with Crippen LogP contribution in [0.5, 0.6) is 0 Å². The van der Waals surface area contributed by atoms with E-state index in [0.29, 0.717) is 5.69 Å². The average Bonchev–Trinajstić information content (AvgIpc) is 2.49. The largest absolute Gasteiger partial charge is 0.340 e. The summed E-state index contributed by atoms with van der Waals surface area (Å²) < 4.78 is 13.5. The molecule has 0 radical (unpaired) electrons. The van der Waals surface area contributed by atoms with E-state index in [1.165, 1.54) is 18.2 Å². The highest BCUT2D eigenvalue weighted by Crippen LogP contribution is 2.13. The van der Waals surface area contributed by atoms with Crippen LogP contribution in [0.15, 0.2) is 48.5 Å². The van der Waals surface area contributed by atoms with Crippen molar-refractivity contribution in [3.8, 4) is 0 Å². The van der Waals surface area contributed by atoms with Crippen molar-refractivity contribution in [2.75, 3.05) is 5.32 Å². The second kappa shape index (κ2) is 6.85. The number of rotatable bonds is 4. The summed E-state index contributed by atoms with van der Waals surface area (Å²) in [7, 11) is 0. The number of carbonyl (C=O) groups excluding carboxylic acids is 2. The molecule has 0 fully saturated rings. The second-order valence-corrected chi connectivity index (χ2v) is 4.98. The van der Waals surface area contributed by atoms with Gasteiger partial charge in [-0.05, 0) is 37.6 Å². The van der Waals surface area contributed by atoms with Crippen molar-refractivity contribution in [3.63, 3.8) is 0 Å². The topological polar surface area (TPSA) is 58.2 Å². The third kappa shape index (κ3) is 3.69. The lowest BCUT2D eigenvalue weighted by Gasteiger charge is -2.15. The number of para-hydroxylation sites is 1. The molecule has 0 aliphatic heterocycles. The Hall–Kier alpha value is -2.69. The molecule has 2 amide bonds. The highest BCUT2D eigenvalue weighted by molar-refractivity contribution is 6.01. The Labute approximate surface area is 128 Å². The minimum Gasteiger partial charge on any atom is -0.340 e. The Morgan fingerprint density at radius 2 is 1.68 bits per heavy atom. The van der Waals surface area contributed by atoms with E-state index in [4.69, 9.17) is 0 Å². The Kier molecular flexibility index (Phi) is 4.88. The summed E-state index contributed by atoms with van der Waals surface area (Å²) in [6.45, 7) is 3.42. The maximum absolute atomic E-state index is 13.5. The zero-order valence-electron chi connectivity index (χ0n) is 12.4. The van der Waals surface area contributed by atoms with Crippen LogP contribution in [0.2, 0.25) is 0 Å². The van der Waals surface area contributed by atoms with Crippen molar-refractivity contribution in [3.05, 3.63) is 65.5 Å². The molecule has 0 aliphatic rings. The van der Waals surface area contributed by atoms with Crippen molar-refractivity contribution in [1.29, 1.82) is 0 Å². The highest BCUT2D eigenvalue weighted by Gasteiger charge is 2.18. The smallest absolute Gasteiger partial charge is 0.254 e. The van der Waals surface area contributed by atoms with Gasteiger partial charge in [0.15, 0.2) is 0 Å². The molecule has 2 rings (SSSR count). The number of halogens is 1. The molecule has 0 heterocycles. The molecule has 2 N–H and O–H groups in total. The van der Waals surface area contributed by atoms with Crippen molar-refractivity contribution in [2.24, 2.45) is 0 Å². The Morgan fingerprint density at radius 1 is 1.05 bits per heavy atom. The fourth-order valence-corrected chi connectivity index (χ4v) is 1.94. The molecule has 2 aromatic rings. The van der Waals surface area contributed by atoms with E-state index in [2.05, 4.69) is 10.6 Å². The Balaban J connectivity index is 2.01. The normalized spacial score (nSPS) is 11.6. The van der Waals surface area contributed by atoms with Crippen LogP contribution < -0.4 is 10.6 Å². The fourth-order valence-electron chi connectivity index (χ4n) is 1.94. The third-order valence-electron chi connectivity index (χ3n) is 3.26. The van der Waals surface area contributed by atoms with Gasteiger partial charge in [-0.2, -0.15) is 0 Å². The minimum atomic E-state index is -0.785. The number of hydrogen-bond acceptors (Lipinski definition) is 2. The van der Waals surface area contributed by atoms with E-state index in [9.17, 15) is 14.0 Å². The molecule has 1 atom stereocenters. The first-order valence-electron chi connectivity index (χ1n) is 6.91. The lowest BCUT2D eigenvalue weighted by Crippen LogP contribution is -2.41. The second-order valence-electron chi connectivity index (χ2n) is 4.98. The molecule has 2 aromatic carbocycles. The number of benzene rings is 2. The van der Waals surface area contributed by atoms with Gasteiger partial charge in [0.25, 0.3) is 5.91 Å². The number of carbonyl (C=O) groups is 2. The molecule has 0 unspecified atom stereocenters. The van der Waals surface area contributed by atoms with Crippen LogP contribution in [0.4, 0.5) is 10.1 Å². The predicted octanol–water partition coefficient (Wildman–Crippen LogP) is 2.89. The molecular weight excluding hydrogens is 283 g/mol. The van der Waals surface area contributed by atoms with E-state index in [0.717, 1.165) is 5.56 Å². The molecule has 22 heavy (non-hydrogen) atoms. The molecule has 0 spiro atoms. The number of amides is 2. The molecule has 114 valence electrons. The SMILES string of the molecule is Cc1ccccc1NC(=O)[C@H](C)NC(=O)c1ccccc1F. The van der Waals surface area contributed by atoms with Gasteiger partial charge in [-0.15, -0.1) is 0 Å². The average molecular weight is 300 g/mol. The first kappa shape index (κ1) is 15.7. The predicted molar refractivity (Wildman–Crippen MR) is 83.1 cm³/mol. The van der Waals surface area contributed by atoms with Gasteiger partial charge in [-0.3, -0.25) is 9.59 Å². The van der Waals surface area contributed by atoms with E-state index in [-0.39, 0.29) is 11.5 Å². The van der Waals surface area contributed by atoms with Crippen LogP contribution >= 0.6 is 0 Å². The van der Waals surface area contributed by atoms with Gasteiger partial charge in [0.2, 0.25) is 5.91 Å². The van der Waals surface area contributed by atoms with Gasteiger partial charge in [0, 0.05) is 5.69 Å². The maximum Gasteiger partial charge on any atom is 0.254 e. The van der Waals surface area contributed by atoms with Gasteiger partial charge in [-0.1, -0.05) is 30.3 Å². The summed E-state index contributed by atoms with van der Waals surface area (Å²) in [5.41, 5.74) is 1.51. The summed E-state index contributed by atoms with van der Waals surface area (Å²) >= 11 is 0. The van der Waals surface area contributed by atoms with Crippen molar-refractivity contribution < 1.29 is 14.0 Å². The van der Waals surface area contributed by atoms with Crippen molar-refractivity contribution >= 4 is 17.5 Å². The molecular formula is C17H17FN2O2. The minimum absolute atomic E-state index is 0.0851. The number of nitrogens with one attached hydrogen (secondary N) is 2. The van der Waals surface area contributed by atoms with Crippen LogP contribution in [0.25, 0.3) is 0 Å². The van der Waals surface area contributed by atoms with Crippen LogP contribution in [0.1, 0.15) is 22.8 Å². The summed E-state index contributed by atoms with van der Waals surface area (Å²) in [5.74, 6) is -1.60. The van der Waals surface area contributed by atoms with Gasteiger partial charge in [0.05, 0.1) is 5.56 Å². The molecule has 5 heteroatoms. The summed E-state index contributed by atoms with van der Waals surface area (Å²) in [6.07, 6.45) is 0. The molecule has 0 aromatic heterocycles. The quantitative estimate of drug-likeness (QED) is 0.912. The van der Waals surface area contributed by atoms with Crippen LogP contribution in [0, 0.1) is 12.7 Å². The first-order valence-corrected chi connectivity index (χ1v) is 6.91. The van der Waals surface area contributed by atoms with E-state index in [1.807, 2.05) is 25.1 Å². The zero-order chi connectivity index (χ0) is 16.1. The lowest BCUT2D eigenvalue weighted by molar-refractivity contribution is -0.117. The van der Waals surface area contributed by atoms with Crippen molar-refractivity contribution in [2.45, 2.75) is 19.9 Å². The van der Waals surface area contributed by atoms with Crippen LogP contribution in [-0.2, 0) is 4.79 Å². The van der Waals surface area contributed by atoms with Crippen LogP contribution in [-0.4, -0.2) is 17.9 Å². The van der Waals surface area contributed by atoms with E-state index in [1.54, 1.807) is 19.1 Å². The molecule has 0 saturated carbocycles. The van der Waals surface area contributed by atoms with Gasteiger partial charge >= 0.3 is 0 Å². The first-order chi connectivity index (χ1) is 10.5. The lowest BCUT2D eigenvalue weighted by atomic mass is 10.1. The van der Waals surface area contributed by atoms with Gasteiger partial charge < -0.3 is 10.6 Å². The summed E-state index contributed by atoms with van der Waals surface area (Å²) in [4.78, 5) is 24.1. The zero-order valence-corrected chi connectivity index (χ0v) is 12.4. The molecule has 0 saturated heterocycles. The molecule has 4 nitrogen and oxygen atoms in total. The molecule has 0 aliphatic carbocycles. The molecule has 0 bridgehead atoms. The van der Waals surface area contributed by atoms with Gasteiger partial charge in [-0.25, -0.2) is 4.39 Å². The standard InChI is InChI=1S/C17H17FN2O2/c1-11-7-3-6-10-15(11)20-16(21)12(2)19-17(22)13-8-4-5-9-14(13)18/h3-10,12H,1-2H3,(H,19,22)(H,20,21)/t12-/m0/s1. The Bertz CT molecular complexity index is 701. The fraction of sp³-hybridized carbons (Fsp3) is 0.176. The number of aryl methyl sites for hydroxylation is 1. The van der Waals surface area contributed by atoms with Gasteiger partial charge in [0.1, 0.15) is 11.9 Å². The highest BCUT2D eigenvalue weighted by atomic mass is 19.1. The number of hydrogen-bond donors (Lipinski definition) is 2. The monoisotopic (exact) mass is 300 g/mol. The Morgan fingerprint density at radius 3 is 2.36 bits per heavy atom. The number of anilines is 1. The van der Waals surface area contributed by atoms with Crippen LogP contribution in [0.3, 0.4) is 0 Å². The van der Waals surface area contributed by atoms with E-state index >= 15 is 0 Å². The van der Waals surface area contributed by atoms with E-state index < -0.39 is 17.8 Å². The third-order valence-corrected chi connectivity index (χ3v) is 3.26.